The van der Waals surface area contributed by atoms with Crippen molar-refractivity contribution in [2.75, 3.05) is 38.0 Å². The van der Waals surface area contributed by atoms with Gasteiger partial charge in [0, 0.05) is 29.4 Å². The largest absolute Gasteiger partial charge is 0.507 e. The summed E-state index contributed by atoms with van der Waals surface area (Å²) in [7, 11) is 0. The van der Waals surface area contributed by atoms with Gasteiger partial charge in [-0.25, -0.2) is 0 Å². The van der Waals surface area contributed by atoms with Crippen molar-refractivity contribution in [2.24, 2.45) is 0 Å². The Balaban J connectivity index is 1.60. The Bertz CT molecular complexity index is 863. The van der Waals surface area contributed by atoms with E-state index in [9.17, 15) is 5.11 Å². The zero-order chi connectivity index (χ0) is 21.3. The van der Waals surface area contributed by atoms with Gasteiger partial charge in [-0.3, -0.25) is 4.90 Å². The molecule has 0 spiro atoms. The van der Waals surface area contributed by atoms with Crippen LogP contribution in [-0.4, -0.2) is 53.7 Å². The topological polar surface area (TPSA) is 38.7 Å². The molecule has 3 rings (SSSR count). The molecule has 1 heterocycles. The summed E-state index contributed by atoms with van der Waals surface area (Å²) in [4.78, 5) is 5.02. The fourth-order valence-corrected chi connectivity index (χ4v) is 4.80. The lowest BCUT2D eigenvalue weighted by atomic mass is 10.0. The maximum atomic E-state index is 10.6. The maximum Gasteiger partial charge on any atom is 0.133 e. The van der Waals surface area contributed by atoms with Crippen LogP contribution in [-0.2, 0) is 6.54 Å². The van der Waals surface area contributed by atoms with Crippen LogP contribution in [0.4, 0.5) is 5.69 Å². The third kappa shape index (κ3) is 6.37. The first kappa shape index (κ1) is 22.9. The molecular formula is C25H32IN3O. The number of likely N-dealkylation sites (tertiary alicyclic amines) is 1. The summed E-state index contributed by atoms with van der Waals surface area (Å²) in [5, 5.41) is 13.9. The zero-order valence-corrected chi connectivity index (χ0v) is 20.2. The van der Waals surface area contributed by atoms with Gasteiger partial charge in [0.15, 0.2) is 0 Å². The van der Waals surface area contributed by atoms with Crippen LogP contribution >= 0.6 is 22.6 Å². The van der Waals surface area contributed by atoms with E-state index in [-0.39, 0.29) is 0 Å². The minimum Gasteiger partial charge on any atom is -0.507 e. The van der Waals surface area contributed by atoms with Crippen molar-refractivity contribution in [3.8, 4) is 17.6 Å². The lowest BCUT2D eigenvalue weighted by Crippen LogP contribution is -2.44. The predicted octanol–water partition coefficient (Wildman–Crippen LogP) is 4.77. The summed E-state index contributed by atoms with van der Waals surface area (Å²) in [6, 6.07) is 14.8. The number of nitrogens with zero attached hydrogens (tertiary/aromatic N) is 2. The third-order valence-electron chi connectivity index (χ3n) is 5.81. The number of nitrogens with one attached hydrogen (secondary N) is 1. The number of halogens is 1. The summed E-state index contributed by atoms with van der Waals surface area (Å²) < 4.78 is 0.864. The summed E-state index contributed by atoms with van der Waals surface area (Å²) in [5.74, 6) is 6.84. The Morgan fingerprint density at radius 1 is 1.13 bits per heavy atom. The number of rotatable bonds is 7. The number of aromatic hydroxyl groups is 1. The fourth-order valence-electron chi connectivity index (χ4n) is 4.12. The first-order valence-corrected chi connectivity index (χ1v) is 11.9. The van der Waals surface area contributed by atoms with Crippen molar-refractivity contribution in [1.82, 2.24) is 9.80 Å². The van der Waals surface area contributed by atoms with Crippen molar-refractivity contribution < 1.29 is 5.11 Å². The number of benzene rings is 2. The molecule has 4 nitrogen and oxygen atoms in total. The summed E-state index contributed by atoms with van der Waals surface area (Å²) in [6.07, 6.45) is 2.40. The number of hydrogen-bond acceptors (Lipinski definition) is 4. The minimum atomic E-state index is 0.398. The molecule has 0 amide bonds. The Kier molecular flexibility index (Phi) is 8.86. The lowest BCUT2D eigenvalue weighted by molar-refractivity contribution is 0.112. The van der Waals surface area contributed by atoms with E-state index in [1.165, 1.54) is 12.8 Å². The molecule has 0 bridgehead atoms. The molecule has 2 aromatic rings. The molecule has 0 aromatic heterocycles. The fraction of sp³-hybridized carbons (Fsp3) is 0.440. The van der Waals surface area contributed by atoms with Gasteiger partial charge in [-0.2, -0.15) is 0 Å². The van der Waals surface area contributed by atoms with Gasteiger partial charge in [-0.15, -0.1) is 0 Å². The van der Waals surface area contributed by atoms with Gasteiger partial charge in [-0.05, 0) is 85.9 Å². The molecule has 1 aliphatic rings. The Labute approximate surface area is 194 Å². The van der Waals surface area contributed by atoms with Gasteiger partial charge < -0.3 is 15.3 Å². The number of piperidine rings is 1. The van der Waals surface area contributed by atoms with Crippen LogP contribution in [0.1, 0.15) is 37.8 Å². The van der Waals surface area contributed by atoms with Gasteiger partial charge in [0.25, 0.3) is 0 Å². The summed E-state index contributed by atoms with van der Waals surface area (Å²) in [6.45, 7) is 10.3. The summed E-state index contributed by atoms with van der Waals surface area (Å²) in [5.41, 5.74) is 3.00. The number of anilines is 1. The van der Waals surface area contributed by atoms with Gasteiger partial charge in [0.2, 0.25) is 0 Å². The third-order valence-corrected chi connectivity index (χ3v) is 6.63. The number of para-hydroxylation sites is 1. The molecule has 1 aliphatic heterocycles. The first-order chi connectivity index (χ1) is 14.6. The average molecular weight is 517 g/mol. The van der Waals surface area contributed by atoms with Crippen molar-refractivity contribution in [1.29, 1.82) is 0 Å². The van der Waals surface area contributed by atoms with Crippen LogP contribution in [0, 0.1) is 15.4 Å². The highest BCUT2D eigenvalue weighted by atomic mass is 127. The quantitative estimate of drug-likeness (QED) is 0.410. The van der Waals surface area contributed by atoms with Crippen LogP contribution in [0.25, 0.3) is 0 Å². The molecule has 0 radical (unpaired) electrons. The molecule has 0 atom stereocenters. The molecule has 2 aromatic carbocycles. The molecule has 160 valence electrons. The van der Waals surface area contributed by atoms with Crippen LogP contribution in [0.3, 0.4) is 0 Å². The highest BCUT2D eigenvalue weighted by Gasteiger charge is 2.23. The van der Waals surface area contributed by atoms with Gasteiger partial charge in [-0.1, -0.05) is 43.9 Å². The highest BCUT2D eigenvalue weighted by molar-refractivity contribution is 14.1. The molecule has 1 fully saturated rings. The van der Waals surface area contributed by atoms with Crippen molar-refractivity contribution >= 4 is 28.3 Å². The summed E-state index contributed by atoms with van der Waals surface area (Å²) >= 11 is 2.20. The number of phenols is 1. The smallest absolute Gasteiger partial charge is 0.133 e. The highest BCUT2D eigenvalue weighted by Crippen LogP contribution is 2.28. The Morgan fingerprint density at radius 2 is 1.83 bits per heavy atom. The Hall–Kier alpha value is -1.75. The number of hydrogen-bond donors (Lipinski definition) is 2. The van der Waals surface area contributed by atoms with Crippen molar-refractivity contribution in [3.63, 3.8) is 0 Å². The van der Waals surface area contributed by atoms with Crippen molar-refractivity contribution in [3.05, 3.63) is 57.2 Å². The van der Waals surface area contributed by atoms with E-state index in [2.05, 4.69) is 63.4 Å². The SMILES string of the molecule is CCN(CC)C1CCN(Cc2cc(C#CCNc3ccccc3)cc(I)c2O)CC1. The van der Waals surface area contributed by atoms with E-state index in [1.54, 1.807) is 0 Å². The van der Waals surface area contributed by atoms with Gasteiger partial charge in [0.1, 0.15) is 5.75 Å². The average Bonchev–Trinajstić information content (AvgIpc) is 2.77. The predicted molar refractivity (Wildman–Crippen MR) is 134 cm³/mol. The monoisotopic (exact) mass is 517 g/mol. The molecule has 2 N–H and O–H groups in total. The van der Waals surface area contributed by atoms with Crippen LogP contribution in [0.5, 0.6) is 5.75 Å². The number of phenolic OH excluding ortho intramolecular Hbond substituents is 1. The van der Waals surface area contributed by atoms with E-state index in [0.29, 0.717) is 18.3 Å². The Morgan fingerprint density at radius 3 is 2.50 bits per heavy atom. The molecule has 5 heteroatoms. The molecule has 30 heavy (non-hydrogen) atoms. The van der Waals surface area contributed by atoms with Gasteiger partial charge >= 0.3 is 0 Å². The van der Waals surface area contributed by atoms with E-state index in [4.69, 9.17) is 0 Å². The second kappa shape index (κ2) is 11.6. The zero-order valence-electron chi connectivity index (χ0n) is 18.0. The van der Waals surface area contributed by atoms with Crippen LogP contribution < -0.4 is 5.32 Å². The standard InChI is InChI=1S/C25H32IN3O/c1-3-29(4-2)23-12-15-28(16-13-23)19-21-17-20(18-24(26)25(21)30)9-8-14-27-22-10-6-5-7-11-22/h5-7,10-11,17-18,23,27,30H,3-4,12-16,19H2,1-2H3. The van der Waals surface area contributed by atoms with E-state index < -0.39 is 0 Å². The van der Waals surface area contributed by atoms with Gasteiger partial charge in [0.05, 0.1) is 10.1 Å². The minimum absolute atomic E-state index is 0.398. The van der Waals surface area contributed by atoms with Crippen LogP contribution in [0.2, 0.25) is 0 Å². The molecule has 1 saturated heterocycles. The first-order valence-electron chi connectivity index (χ1n) is 10.9. The molecular weight excluding hydrogens is 485 g/mol. The normalized spacial score (nSPS) is 15.1. The van der Waals surface area contributed by atoms with Crippen molar-refractivity contribution in [2.45, 2.75) is 39.3 Å². The second-order valence-corrected chi connectivity index (χ2v) is 8.88. The maximum absolute atomic E-state index is 10.6. The second-order valence-electron chi connectivity index (χ2n) is 7.72. The molecule has 0 saturated carbocycles. The lowest BCUT2D eigenvalue weighted by Gasteiger charge is -2.37. The molecule has 0 unspecified atom stereocenters. The molecule has 0 aliphatic carbocycles. The van der Waals surface area contributed by atoms with Crippen LogP contribution in [0.15, 0.2) is 42.5 Å². The van der Waals surface area contributed by atoms with E-state index >= 15 is 0 Å². The van der Waals surface area contributed by atoms with E-state index in [0.717, 1.165) is 53.1 Å². The van der Waals surface area contributed by atoms with E-state index in [1.807, 2.05) is 42.5 Å².